The van der Waals surface area contributed by atoms with Crippen LogP contribution in [0.1, 0.15) is 12.0 Å². The standard InChI is InChI=1S/C18H21IO4S/c1-23-11-2-12-24(21,22)17-9-7-16(8-10-17)15-5-3-14(4-6-15)13-18(19)20/h3-10,18,20H,2,11-13H2,1H3. The Morgan fingerprint density at radius 2 is 1.58 bits per heavy atom. The van der Waals surface area contributed by atoms with Gasteiger partial charge in [0.1, 0.15) is 4.11 Å². The minimum Gasteiger partial charge on any atom is -0.385 e. The van der Waals surface area contributed by atoms with Gasteiger partial charge in [-0.2, -0.15) is 0 Å². The summed E-state index contributed by atoms with van der Waals surface area (Å²) in [6.45, 7) is 0.440. The van der Waals surface area contributed by atoms with Crippen molar-refractivity contribution in [3.8, 4) is 11.1 Å². The summed E-state index contributed by atoms with van der Waals surface area (Å²) in [6.07, 6.45) is 1.10. The van der Waals surface area contributed by atoms with E-state index in [1.165, 1.54) is 0 Å². The van der Waals surface area contributed by atoms with Gasteiger partial charge in [-0.1, -0.05) is 59.0 Å². The Bertz CT molecular complexity index is 738. The van der Waals surface area contributed by atoms with Crippen LogP contribution in [0.5, 0.6) is 0 Å². The molecule has 0 saturated heterocycles. The summed E-state index contributed by atoms with van der Waals surface area (Å²) in [4.78, 5) is 0.340. The monoisotopic (exact) mass is 460 g/mol. The van der Waals surface area contributed by atoms with Crippen molar-refractivity contribution in [3.63, 3.8) is 0 Å². The molecule has 0 bridgehead atoms. The topological polar surface area (TPSA) is 63.6 Å². The van der Waals surface area contributed by atoms with Gasteiger partial charge in [-0.25, -0.2) is 8.42 Å². The maximum atomic E-state index is 12.2. The number of sulfone groups is 1. The largest absolute Gasteiger partial charge is 0.385 e. The van der Waals surface area contributed by atoms with Crippen LogP contribution in [-0.4, -0.2) is 37.1 Å². The fourth-order valence-corrected chi connectivity index (χ4v) is 4.19. The quantitative estimate of drug-likeness (QED) is 0.373. The zero-order valence-corrected chi connectivity index (χ0v) is 16.5. The van der Waals surface area contributed by atoms with E-state index in [0.29, 0.717) is 24.3 Å². The van der Waals surface area contributed by atoms with Gasteiger partial charge in [-0.3, -0.25) is 0 Å². The molecule has 1 atom stereocenters. The summed E-state index contributed by atoms with van der Waals surface area (Å²) in [5.74, 6) is 0.0908. The third kappa shape index (κ3) is 5.54. The smallest absolute Gasteiger partial charge is 0.178 e. The third-order valence-corrected chi connectivity index (χ3v) is 5.92. The number of benzene rings is 2. The Morgan fingerprint density at radius 3 is 2.08 bits per heavy atom. The Morgan fingerprint density at radius 1 is 1.04 bits per heavy atom. The van der Waals surface area contributed by atoms with Crippen LogP contribution < -0.4 is 0 Å². The lowest BCUT2D eigenvalue weighted by Gasteiger charge is -2.08. The van der Waals surface area contributed by atoms with Crippen LogP contribution in [0, 0.1) is 0 Å². The highest BCUT2D eigenvalue weighted by atomic mass is 127. The first-order valence-electron chi connectivity index (χ1n) is 7.65. The molecule has 0 aliphatic carbocycles. The van der Waals surface area contributed by atoms with E-state index >= 15 is 0 Å². The average molecular weight is 460 g/mol. The molecule has 24 heavy (non-hydrogen) atoms. The van der Waals surface area contributed by atoms with Gasteiger partial charge in [0, 0.05) is 20.1 Å². The highest BCUT2D eigenvalue weighted by molar-refractivity contribution is 14.1. The van der Waals surface area contributed by atoms with Gasteiger partial charge in [0.05, 0.1) is 10.6 Å². The van der Waals surface area contributed by atoms with Crippen molar-refractivity contribution in [3.05, 3.63) is 54.1 Å². The van der Waals surface area contributed by atoms with E-state index in [0.717, 1.165) is 16.7 Å². The molecule has 130 valence electrons. The molecular formula is C18H21IO4S. The normalized spacial score (nSPS) is 13.0. The van der Waals surface area contributed by atoms with Gasteiger partial charge < -0.3 is 9.84 Å². The molecule has 0 fully saturated rings. The summed E-state index contributed by atoms with van der Waals surface area (Å²) in [5.41, 5.74) is 3.05. The first-order chi connectivity index (χ1) is 11.4. The van der Waals surface area contributed by atoms with E-state index in [2.05, 4.69) is 0 Å². The number of ether oxygens (including phenoxy) is 1. The lowest BCUT2D eigenvalue weighted by molar-refractivity contribution is 0.199. The van der Waals surface area contributed by atoms with Crippen molar-refractivity contribution in [1.82, 2.24) is 0 Å². The fraction of sp³-hybridized carbons (Fsp3) is 0.333. The molecule has 0 radical (unpaired) electrons. The van der Waals surface area contributed by atoms with Crippen molar-refractivity contribution in [2.24, 2.45) is 0 Å². The van der Waals surface area contributed by atoms with E-state index in [9.17, 15) is 13.5 Å². The second-order valence-electron chi connectivity index (χ2n) is 5.53. The molecule has 2 aromatic rings. The molecule has 2 rings (SSSR count). The zero-order chi connectivity index (χ0) is 17.6. The third-order valence-electron chi connectivity index (χ3n) is 3.67. The van der Waals surface area contributed by atoms with Crippen LogP contribution in [0.25, 0.3) is 11.1 Å². The number of hydrogen-bond donors (Lipinski definition) is 1. The molecule has 1 unspecified atom stereocenters. The first kappa shape index (κ1) is 19.4. The van der Waals surface area contributed by atoms with Gasteiger partial charge in [0.15, 0.2) is 9.84 Å². The molecule has 0 spiro atoms. The Hall–Kier alpha value is -0.960. The number of methoxy groups -OCH3 is 1. The van der Waals surface area contributed by atoms with Gasteiger partial charge in [0.25, 0.3) is 0 Å². The van der Waals surface area contributed by atoms with Crippen LogP contribution in [0.2, 0.25) is 0 Å². The maximum absolute atomic E-state index is 12.2. The predicted molar refractivity (Wildman–Crippen MR) is 104 cm³/mol. The molecule has 0 heterocycles. The number of aliphatic hydroxyl groups is 1. The average Bonchev–Trinajstić information content (AvgIpc) is 2.55. The number of hydrogen-bond acceptors (Lipinski definition) is 4. The lowest BCUT2D eigenvalue weighted by atomic mass is 10.0. The van der Waals surface area contributed by atoms with Gasteiger partial charge in [-0.15, -0.1) is 0 Å². The molecule has 6 heteroatoms. The summed E-state index contributed by atoms with van der Waals surface area (Å²) in [7, 11) is -1.70. The molecule has 0 aromatic heterocycles. The number of rotatable bonds is 8. The van der Waals surface area contributed by atoms with Crippen LogP contribution in [0.4, 0.5) is 0 Å². The van der Waals surface area contributed by atoms with Gasteiger partial charge in [-0.05, 0) is 35.2 Å². The summed E-state index contributed by atoms with van der Waals surface area (Å²) < 4.78 is 29.0. The molecule has 1 N–H and O–H groups in total. The van der Waals surface area contributed by atoms with E-state index in [1.807, 2.05) is 59.0 Å². The van der Waals surface area contributed by atoms with E-state index in [1.54, 1.807) is 19.2 Å². The van der Waals surface area contributed by atoms with Crippen LogP contribution >= 0.6 is 22.6 Å². The first-order valence-corrected chi connectivity index (χ1v) is 10.6. The van der Waals surface area contributed by atoms with Crippen LogP contribution in [-0.2, 0) is 21.0 Å². The van der Waals surface area contributed by atoms with Crippen LogP contribution in [0.15, 0.2) is 53.4 Å². The van der Waals surface area contributed by atoms with Crippen LogP contribution in [0.3, 0.4) is 0 Å². The molecule has 0 aliphatic rings. The molecular weight excluding hydrogens is 439 g/mol. The molecule has 0 aliphatic heterocycles. The van der Waals surface area contributed by atoms with E-state index in [4.69, 9.17) is 4.74 Å². The maximum Gasteiger partial charge on any atom is 0.178 e. The Balaban J connectivity index is 2.11. The molecule has 4 nitrogen and oxygen atoms in total. The van der Waals surface area contributed by atoms with Crippen molar-refractivity contribution in [2.45, 2.75) is 21.8 Å². The number of alkyl halides is 1. The lowest BCUT2D eigenvalue weighted by Crippen LogP contribution is -2.08. The molecule has 2 aromatic carbocycles. The van der Waals surface area contributed by atoms with Crippen molar-refractivity contribution in [2.75, 3.05) is 19.5 Å². The second kappa shape index (κ2) is 8.94. The van der Waals surface area contributed by atoms with E-state index < -0.39 is 13.9 Å². The predicted octanol–water partition coefficient (Wildman–Crippen LogP) is 3.46. The minimum atomic E-state index is -3.26. The Labute approximate surface area is 156 Å². The second-order valence-corrected chi connectivity index (χ2v) is 9.07. The number of halogens is 1. The van der Waals surface area contributed by atoms with Gasteiger partial charge >= 0.3 is 0 Å². The SMILES string of the molecule is COCCCS(=O)(=O)c1ccc(-c2ccc(CC(O)I)cc2)cc1. The summed E-state index contributed by atoms with van der Waals surface area (Å²) in [5, 5.41) is 9.40. The Kier molecular flexibility index (Phi) is 7.21. The van der Waals surface area contributed by atoms with Crippen molar-refractivity contribution >= 4 is 32.4 Å². The minimum absolute atomic E-state index is 0.0908. The molecule has 0 saturated carbocycles. The number of aliphatic hydroxyl groups excluding tert-OH is 1. The van der Waals surface area contributed by atoms with Crippen molar-refractivity contribution < 1.29 is 18.3 Å². The zero-order valence-electron chi connectivity index (χ0n) is 13.5. The highest BCUT2D eigenvalue weighted by Gasteiger charge is 2.14. The summed E-state index contributed by atoms with van der Waals surface area (Å²) in [6, 6.07) is 14.9. The van der Waals surface area contributed by atoms with E-state index in [-0.39, 0.29) is 5.75 Å². The summed E-state index contributed by atoms with van der Waals surface area (Å²) >= 11 is 1.98. The molecule has 0 amide bonds. The highest BCUT2D eigenvalue weighted by Crippen LogP contribution is 2.23. The van der Waals surface area contributed by atoms with Crippen molar-refractivity contribution in [1.29, 1.82) is 0 Å². The fourth-order valence-electron chi connectivity index (χ4n) is 2.39. The van der Waals surface area contributed by atoms with Gasteiger partial charge in [0.2, 0.25) is 0 Å².